The van der Waals surface area contributed by atoms with Crippen molar-refractivity contribution in [3.63, 3.8) is 0 Å². The lowest BCUT2D eigenvalue weighted by atomic mass is 9.75. The van der Waals surface area contributed by atoms with E-state index < -0.39 is 11.0 Å². The van der Waals surface area contributed by atoms with Gasteiger partial charge in [0.05, 0.1) is 12.6 Å². The third kappa shape index (κ3) is 3.58. The lowest BCUT2D eigenvalue weighted by Crippen LogP contribution is -2.50. The van der Waals surface area contributed by atoms with Gasteiger partial charge in [-0.25, -0.2) is 4.57 Å². The van der Waals surface area contributed by atoms with Crippen molar-refractivity contribution in [2.75, 3.05) is 13.1 Å². The first kappa shape index (κ1) is 16.9. The summed E-state index contributed by atoms with van der Waals surface area (Å²) in [7, 11) is 0. The van der Waals surface area contributed by atoms with Gasteiger partial charge in [0.2, 0.25) is 5.91 Å². The Labute approximate surface area is 141 Å². The fourth-order valence-electron chi connectivity index (χ4n) is 4.09. The maximum atomic E-state index is 12.6. The molecule has 24 heavy (non-hydrogen) atoms. The second kappa shape index (κ2) is 7.29. The Bertz CT molecular complexity index is 602. The molecule has 2 aliphatic rings. The molecular formula is C16H25N5O3. The quantitative estimate of drug-likeness (QED) is 0.649. The second-order valence-corrected chi connectivity index (χ2v) is 6.95. The number of carbonyl (C=O) groups is 1. The number of aromatic nitrogens is 2. The van der Waals surface area contributed by atoms with Gasteiger partial charge >= 0.3 is 5.95 Å². The molecule has 1 amide bonds. The standard InChI is InChI=1S/C16H25N5O3/c17-14(6-9-19-10-7-18-16(19)21(23)24)15(22)20-8-5-12-3-1-2-4-13(12)11-20/h7,10,12-14H,1-6,8-9,11,17H2/t12-,13+,14?/m0/s1. The molecule has 0 aromatic carbocycles. The first-order valence-corrected chi connectivity index (χ1v) is 8.76. The van der Waals surface area contributed by atoms with E-state index in [1.54, 1.807) is 6.20 Å². The monoisotopic (exact) mass is 335 g/mol. The number of fused-ring (bicyclic) bond motifs is 1. The van der Waals surface area contributed by atoms with Crippen LogP contribution in [0, 0.1) is 22.0 Å². The highest BCUT2D eigenvalue weighted by molar-refractivity contribution is 5.81. The molecule has 1 saturated carbocycles. The molecule has 3 rings (SSSR count). The van der Waals surface area contributed by atoms with Crippen molar-refractivity contribution >= 4 is 11.9 Å². The molecule has 2 heterocycles. The number of carbonyl (C=O) groups excluding carboxylic acids is 1. The van der Waals surface area contributed by atoms with Gasteiger partial charge in [-0.15, -0.1) is 0 Å². The van der Waals surface area contributed by atoms with Gasteiger partial charge in [-0.1, -0.05) is 24.2 Å². The van der Waals surface area contributed by atoms with Crippen molar-refractivity contribution in [2.45, 2.75) is 51.1 Å². The molecule has 0 spiro atoms. The van der Waals surface area contributed by atoms with E-state index in [4.69, 9.17) is 5.73 Å². The number of nitro groups is 1. The first-order valence-electron chi connectivity index (χ1n) is 8.76. The Kier molecular flexibility index (Phi) is 5.13. The van der Waals surface area contributed by atoms with Crippen molar-refractivity contribution in [1.82, 2.24) is 14.5 Å². The smallest absolute Gasteiger partial charge is 0.390 e. The van der Waals surface area contributed by atoms with Crippen molar-refractivity contribution in [1.29, 1.82) is 0 Å². The number of nitrogens with two attached hydrogens (primary N) is 1. The zero-order chi connectivity index (χ0) is 17.1. The number of imidazole rings is 1. The predicted octanol–water partition coefficient (Wildman–Crippen LogP) is 1.55. The number of hydrogen-bond acceptors (Lipinski definition) is 5. The Morgan fingerprint density at radius 3 is 2.88 bits per heavy atom. The van der Waals surface area contributed by atoms with E-state index in [-0.39, 0.29) is 11.9 Å². The summed E-state index contributed by atoms with van der Waals surface area (Å²) in [5, 5.41) is 10.9. The summed E-state index contributed by atoms with van der Waals surface area (Å²) in [4.78, 5) is 28.5. The molecule has 1 aliphatic carbocycles. The van der Waals surface area contributed by atoms with Crippen LogP contribution in [0.25, 0.3) is 0 Å². The van der Waals surface area contributed by atoms with Crippen LogP contribution in [-0.2, 0) is 11.3 Å². The number of likely N-dealkylation sites (tertiary alicyclic amines) is 1. The molecule has 1 unspecified atom stereocenters. The van der Waals surface area contributed by atoms with Crippen LogP contribution in [0.4, 0.5) is 5.95 Å². The van der Waals surface area contributed by atoms with E-state index in [1.165, 1.54) is 36.4 Å². The number of aryl methyl sites for hydroxylation is 1. The molecule has 2 fully saturated rings. The second-order valence-electron chi connectivity index (χ2n) is 6.95. The summed E-state index contributed by atoms with van der Waals surface area (Å²) in [6.07, 6.45) is 9.48. The highest BCUT2D eigenvalue weighted by Crippen LogP contribution is 2.36. The molecule has 2 N–H and O–H groups in total. The minimum absolute atomic E-state index is 0.0261. The summed E-state index contributed by atoms with van der Waals surface area (Å²) in [6.45, 7) is 1.93. The van der Waals surface area contributed by atoms with Crippen LogP contribution in [0.15, 0.2) is 12.4 Å². The van der Waals surface area contributed by atoms with E-state index >= 15 is 0 Å². The SMILES string of the molecule is NC(CCn1ccnc1[N+](=O)[O-])C(=O)N1CC[C@@H]2CCCC[C@@H]2C1. The van der Waals surface area contributed by atoms with Crippen LogP contribution < -0.4 is 5.73 Å². The Morgan fingerprint density at radius 2 is 2.12 bits per heavy atom. The van der Waals surface area contributed by atoms with Crippen LogP contribution in [0.1, 0.15) is 38.5 Å². The van der Waals surface area contributed by atoms with Crippen LogP contribution in [0.3, 0.4) is 0 Å². The van der Waals surface area contributed by atoms with Crippen LogP contribution in [0.5, 0.6) is 0 Å². The molecule has 1 aromatic rings. The van der Waals surface area contributed by atoms with Crippen molar-refractivity contribution in [3.8, 4) is 0 Å². The lowest BCUT2D eigenvalue weighted by Gasteiger charge is -2.42. The molecule has 8 nitrogen and oxygen atoms in total. The highest BCUT2D eigenvalue weighted by Gasteiger charge is 2.34. The largest absolute Gasteiger partial charge is 0.434 e. The zero-order valence-electron chi connectivity index (χ0n) is 13.8. The van der Waals surface area contributed by atoms with Crippen molar-refractivity contribution in [2.24, 2.45) is 17.6 Å². The van der Waals surface area contributed by atoms with E-state index in [0.29, 0.717) is 18.9 Å². The normalized spacial score (nSPS) is 25.1. The summed E-state index contributed by atoms with van der Waals surface area (Å²) in [5.41, 5.74) is 6.06. The van der Waals surface area contributed by atoms with E-state index in [2.05, 4.69) is 4.98 Å². The minimum atomic E-state index is -0.618. The van der Waals surface area contributed by atoms with Gasteiger partial charge in [0.15, 0.2) is 0 Å². The average Bonchev–Trinajstić information content (AvgIpc) is 3.07. The molecule has 8 heteroatoms. The van der Waals surface area contributed by atoms with Crippen molar-refractivity contribution < 1.29 is 9.72 Å². The number of piperidine rings is 1. The summed E-state index contributed by atoms with van der Waals surface area (Å²) in [5.74, 6) is 1.16. The van der Waals surface area contributed by atoms with Gasteiger partial charge in [-0.2, -0.15) is 0 Å². The van der Waals surface area contributed by atoms with Gasteiger partial charge in [-0.3, -0.25) is 4.79 Å². The van der Waals surface area contributed by atoms with Crippen LogP contribution in [-0.4, -0.2) is 44.4 Å². The summed E-state index contributed by atoms with van der Waals surface area (Å²) >= 11 is 0. The molecule has 0 bridgehead atoms. The van der Waals surface area contributed by atoms with Gasteiger partial charge < -0.3 is 20.7 Å². The van der Waals surface area contributed by atoms with Crippen LogP contribution in [0.2, 0.25) is 0 Å². The fraction of sp³-hybridized carbons (Fsp3) is 0.750. The van der Waals surface area contributed by atoms with E-state index in [1.807, 2.05) is 4.90 Å². The van der Waals surface area contributed by atoms with Crippen LogP contribution >= 0.6 is 0 Å². The topological polar surface area (TPSA) is 107 Å². The molecule has 1 aromatic heterocycles. The molecule has 132 valence electrons. The number of amides is 1. The van der Waals surface area contributed by atoms with Gasteiger partial charge in [0, 0.05) is 19.5 Å². The lowest BCUT2D eigenvalue weighted by molar-refractivity contribution is -0.396. The maximum Gasteiger partial charge on any atom is 0.434 e. The Morgan fingerprint density at radius 1 is 1.38 bits per heavy atom. The van der Waals surface area contributed by atoms with Crippen molar-refractivity contribution in [3.05, 3.63) is 22.5 Å². The maximum absolute atomic E-state index is 12.6. The Hall–Kier alpha value is -1.96. The zero-order valence-corrected chi connectivity index (χ0v) is 13.8. The minimum Gasteiger partial charge on any atom is -0.390 e. The predicted molar refractivity (Wildman–Crippen MR) is 88.1 cm³/mol. The third-order valence-corrected chi connectivity index (χ3v) is 5.46. The van der Waals surface area contributed by atoms with Gasteiger partial charge in [0.1, 0.15) is 12.4 Å². The molecule has 3 atom stereocenters. The van der Waals surface area contributed by atoms with Gasteiger partial charge in [0.25, 0.3) is 0 Å². The molecule has 1 aliphatic heterocycles. The molecule has 1 saturated heterocycles. The number of hydrogen-bond donors (Lipinski definition) is 1. The first-order chi connectivity index (χ1) is 11.6. The average molecular weight is 335 g/mol. The highest BCUT2D eigenvalue weighted by atomic mass is 16.6. The third-order valence-electron chi connectivity index (χ3n) is 5.46. The number of rotatable bonds is 5. The summed E-state index contributed by atoms with van der Waals surface area (Å²) in [6, 6.07) is -0.618. The van der Waals surface area contributed by atoms with E-state index in [9.17, 15) is 14.9 Å². The molecular weight excluding hydrogens is 310 g/mol. The number of nitrogens with zero attached hydrogens (tertiary/aromatic N) is 4. The fourth-order valence-corrected chi connectivity index (χ4v) is 4.09. The Balaban J connectivity index is 1.53. The van der Waals surface area contributed by atoms with E-state index in [0.717, 1.165) is 25.4 Å². The molecule has 0 radical (unpaired) electrons. The summed E-state index contributed by atoms with van der Waals surface area (Å²) < 4.78 is 1.43. The van der Waals surface area contributed by atoms with Gasteiger partial charge in [-0.05, 0) is 29.6 Å².